The zero-order valence-corrected chi connectivity index (χ0v) is 19.1. The van der Waals surface area contributed by atoms with Crippen LogP contribution in [0.2, 0.25) is 5.02 Å². The number of sulfonamides is 1. The second-order valence-electron chi connectivity index (χ2n) is 7.04. The van der Waals surface area contributed by atoms with E-state index in [0.717, 1.165) is 9.87 Å². The molecule has 0 unspecified atom stereocenters. The van der Waals surface area contributed by atoms with Gasteiger partial charge in [-0.15, -0.1) is 0 Å². The molecule has 1 N–H and O–H groups in total. The third-order valence-electron chi connectivity index (χ3n) is 4.71. The number of carbonyl (C=O) groups is 1. The number of anilines is 1. The number of hydrogen-bond acceptors (Lipinski definition) is 4. The van der Waals surface area contributed by atoms with E-state index in [1.807, 2.05) is 6.92 Å². The van der Waals surface area contributed by atoms with E-state index < -0.39 is 22.5 Å². The SMILES string of the molecule is COc1ccc(Cl)cc1N(CC(=O)NCc1ccc(F)cc1)S(=O)(=O)c1ccc(C)cc1. The number of nitrogens with zero attached hydrogens (tertiary/aromatic N) is 1. The molecular weight excluding hydrogens is 455 g/mol. The molecule has 0 spiro atoms. The first-order chi connectivity index (χ1) is 15.2. The van der Waals surface area contributed by atoms with Crippen LogP contribution in [0.15, 0.2) is 71.6 Å². The predicted octanol–water partition coefficient (Wildman–Crippen LogP) is 4.31. The molecule has 0 aliphatic rings. The summed E-state index contributed by atoms with van der Waals surface area (Å²) in [5.41, 5.74) is 1.71. The van der Waals surface area contributed by atoms with Gasteiger partial charge in [0.15, 0.2) is 0 Å². The molecule has 3 rings (SSSR count). The summed E-state index contributed by atoms with van der Waals surface area (Å²) in [5, 5.41) is 2.95. The summed E-state index contributed by atoms with van der Waals surface area (Å²) in [4.78, 5) is 12.7. The fraction of sp³-hybridized carbons (Fsp3) is 0.174. The minimum Gasteiger partial charge on any atom is -0.495 e. The van der Waals surface area contributed by atoms with Crippen molar-refractivity contribution in [2.45, 2.75) is 18.4 Å². The third-order valence-corrected chi connectivity index (χ3v) is 6.72. The number of amides is 1. The zero-order chi connectivity index (χ0) is 23.3. The van der Waals surface area contributed by atoms with Crippen LogP contribution >= 0.6 is 11.6 Å². The van der Waals surface area contributed by atoms with Gasteiger partial charge in [-0.05, 0) is 55.0 Å². The average molecular weight is 477 g/mol. The Bertz CT molecular complexity index is 1200. The molecule has 0 bridgehead atoms. The molecule has 0 saturated carbocycles. The lowest BCUT2D eigenvalue weighted by atomic mass is 10.2. The Hall–Kier alpha value is -3.10. The number of rotatable bonds is 8. The number of benzene rings is 3. The highest BCUT2D eigenvalue weighted by Gasteiger charge is 2.29. The first-order valence-corrected chi connectivity index (χ1v) is 11.5. The number of carbonyl (C=O) groups excluding carboxylic acids is 1. The molecule has 1 amide bonds. The summed E-state index contributed by atoms with van der Waals surface area (Å²) in [6.45, 7) is 1.45. The van der Waals surface area contributed by atoms with Crippen molar-refractivity contribution in [3.8, 4) is 5.75 Å². The number of aryl methyl sites for hydroxylation is 1. The Balaban J connectivity index is 1.93. The molecular formula is C23H22ClFN2O4S. The van der Waals surface area contributed by atoms with Crippen molar-refractivity contribution >= 4 is 33.2 Å². The Kier molecular flexibility index (Phi) is 7.37. The zero-order valence-electron chi connectivity index (χ0n) is 17.5. The van der Waals surface area contributed by atoms with E-state index in [2.05, 4.69) is 5.32 Å². The Morgan fingerprint density at radius 1 is 1.06 bits per heavy atom. The van der Waals surface area contributed by atoms with Crippen LogP contribution in [-0.2, 0) is 21.4 Å². The quantitative estimate of drug-likeness (QED) is 0.525. The van der Waals surface area contributed by atoms with Crippen molar-refractivity contribution in [2.75, 3.05) is 18.0 Å². The largest absolute Gasteiger partial charge is 0.495 e. The second-order valence-corrected chi connectivity index (χ2v) is 9.34. The van der Waals surface area contributed by atoms with E-state index in [9.17, 15) is 17.6 Å². The summed E-state index contributed by atoms with van der Waals surface area (Å²) in [5.74, 6) is -0.688. The molecule has 0 aromatic heterocycles. The highest BCUT2D eigenvalue weighted by atomic mass is 35.5. The number of hydrogen-bond donors (Lipinski definition) is 1. The maximum Gasteiger partial charge on any atom is 0.264 e. The normalized spacial score (nSPS) is 11.1. The van der Waals surface area contributed by atoms with Crippen molar-refractivity contribution in [1.29, 1.82) is 0 Å². The fourth-order valence-corrected chi connectivity index (χ4v) is 4.57. The van der Waals surface area contributed by atoms with Crippen molar-refractivity contribution in [2.24, 2.45) is 0 Å². The van der Waals surface area contributed by atoms with E-state index in [1.165, 1.54) is 55.6 Å². The van der Waals surface area contributed by atoms with Crippen LogP contribution in [0.25, 0.3) is 0 Å². The lowest BCUT2D eigenvalue weighted by molar-refractivity contribution is -0.119. The highest BCUT2D eigenvalue weighted by molar-refractivity contribution is 7.92. The Morgan fingerprint density at radius 2 is 1.72 bits per heavy atom. The van der Waals surface area contributed by atoms with Gasteiger partial charge in [0, 0.05) is 11.6 Å². The minimum atomic E-state index is -4.12. The van der Waals surface area contributed by atoms with Gasteiger partial charge in [0.25, 0.3) is 10.0 Å². The molecule has 0 aliphatic carbocycles. The molecule has 0 fully saturated rings. The molecule has 0 aliphatic heterocycles. The molecule has 32 heavy (non-hydrogen) atoms. The van der Waals surface area contributed by atoms with Crippen molar-refractivity contribution in [3.05, 3.63) is 88.7 Å². The van der Waals surface area contributed by atoms with E-state index >= 15 is 0 Å². The second kappa shape index (κ2) is 10.0. The first-order valence-electron chi connectivity index (χ1n) is 9.65. The van der Waals surface area contributed by atoms with Gasteiger partial charge in [0.1, 0.15) is 18.1 Å². The molecule has 0 radical (unpaired) electrons. The summed E-state index contributed by atoms with van der Waals surface area (Å²) < 4.78 is 46.3. The Morgan fingerprint density at radius 3 is 2.34 bits per heavy atom. The monoisotopic (exact) mass is 476 g/mol. The van der Waals surface area contributed by atoms with Crippen molar-refractivity contribution < 1.29 is 22.3 Å². The smallest absolute Gasteiger partial charge is 0.264 e. The van der Waals surface area contributed by atoms with Gasteiger partial charge in [-0.25, -0.2) is 12.8 Å². The lowest BCUT2D eigenvalue weighted by Crippen LogP contribution is -2.40. The van der Waals surface area contributed by atoms with Gasteiger partial charge in [-0.3, -0.25) is 9.10 Å². The van der Waals surface area contributed by atoms with Crippen LogP contribution in [0.5, 0.6) is 5.75 Å². The molecule has 3 aromatic rings. The lowest BCUT2D eigenvalue weighted by Gasteiger charge is -2.26. The van der Waals surface area contributed by atoms with Crippen LogP contribution in [0.4, 0.5) is 10.1 Å². The van der Waals surface area contributed by atoms with Crippen LogP contribution in [0.1, 0.15) is 11.1 Å². The molecule has 3 aromatic carbocycles. The van der Waals surface area contributed by atoms with Crippen LogP contribution in [-0.4, -0.2) is 28.0 Å². The molecule has 0 heterocycles. The van der Waals surface area contributed by atoms with Crippen LogP contribution < -0.4 is 14.4 Å². The number of ether oxygens (including phenoxy) is 1. The van der Waals surface area contributed by atoms with E-state index in [4.69, 9.17) is 16.3 Å². The molecule has 6 nitrogen and oxygen atoms in total. The number of nitrogens with one attached hydrogen (secondary N) is 1. The molecule has 9 heteroatoms. The average Bonchev–Trinajstić information content (AvgIpc) is 2.77. The molecule has 0 saturated heterocycles. The summed E-state index contributed by atoms with van der Waals surface area (Å²) in [6.07, 6.45) is 0. The van der Waals surface area contributed by atoms with Gasteiger partial charge in [-0.1, -0.05) is 41.4 Å². The van der Waals surface area contributed by atoms with E-state index in [0.29, 0.717) is 5.56 Å². The summed E-state index contributed by atoms with van der Waals surface area (Å²) in [6, 6.07) is 16.5. The number of halogens is 2. The van der Waals surface area contributed by atoms with Gasteiger partial charge in [0.05, 0.1) is 17.7 Å². The standard InChI is InChI=1S/C23H22ClFN2O4S/c1-16-3-10-20(11-4-16)32(29,30)27(21-13-18(24)7-12-22(21)31-2)15-23(28)26-14-17-5-8-19(25)9-6-17/h3-13H,14-15H2,1-2H3,(H,26,28). The van der Waals surface area contributed by atoms with Gasteiger partial charge in [0.2, 0.25) is 5.91 Å². The number of methoxy groups -OCH3 is 1. The topological polar surface area (TPSA) is 75.7 Å². The summed E-state index contributed by atoms with van der Waals surface area (Å²) in [7, 11) is -2.72. The molecule has 0 atom stereocenters. The van der Waals surface area contributed by atoms with E-state index in [1.54, 1.807) is 18.2 Å². The third kappa shape index (κ3) is 5.57. The van der Waals surface area contributed by atoms with Gasteiger partial charge < -0.3 is 10.1 Å². The van der Waals surface area contributed by atoms with Crippen LogP contribution in [0, 0.1) is 12.7 Å². The van der Waals surface area contributed by atoms with Crippen LogP contribution in [0.3, 0.4) is 0 Å². The van der Waals surface area contributed by atoms with Gasteiger partial charge in [-0.2, -0.15) is 0 Å². The Labute approximate surface area is 191 Å². The summed E-state index contributed by atoms with van der Waals surface area (Å²) >= 11 is 6.12. The maximum absolute atomic E-state index is 13.5. The van der Waals surface area contributed by atoms with Crippen molar-refractivity contribution in [3.63, 3.8) is 0 Å². The minimum absolute atomic E-state index is 0.0245. The highest BCUT2D eigenvalue weighted by Crippen LogP contribution is 2.34. The fourth-order valence-electron chi connectivity index (χ4n) is 2.98. The molecule has 168 valence electrons. The van der Waals surface area contributed by atoms with Crippen molar-refractivity contribution in [1.82, 2.24) is 5.32 Å². The first kappa shape index (κ1) is 23.6. The maximum atomic E-state index is 13.5. The van der Waals surface area contributed by atoms with E-state index in [-0.39, 0.29) is 33.7 Å². The van der Waals surface area contributed by atoms with Gasteiger partial charge >= 0.3 is 0 Å². The predicted molar refractivity (Wildman–Crippen MR) is 122 cm³/mol.